The third-order valence-corrected chi connectivity index (χ3v) is 4.67. The number of carbonyl (C=O) groups excluding carboxylic acids is 1. The maximum absolute atomic E-state index is 13.5. The molecule has 12 heteroatoms. The quantitative estimate of drug-likeness (QED) is 0.747. The maximum atomic E-state index is 13.5. The first-order valence-corrected chi connectivity index (χ1v) is 9.15. The van der Waals surface area contributed by atoms with E-state index in [2.05, 4.69) is 19.8 Å². The molecule has 0 radical (unpaired) electrons. The van der Waals surface area contributed by atoms with Crippen LogP contribution in [0.4, 0.5) is 22.4 Å². The molecule has 3 rings (SSSR count). The van der Waals surface area contributed by atoms with E-state index in [1.807, 2.05) is 0 Å². The van der Waals surface area contributed by atoms with Crippen LogP contribution >= 0.6 is 11.3 Å². The molecule has 1 atom stereocenters. The molecule has 1 N–H and O–H groups in total. The van der Waals surface area contributed by atoms with E-state index in [0.29, 0.717) is 6.61 Å². The lowest BCUT2D eigenvalue weighted by atomic mass is 10.2. The number of rotatable bonds is 4. The molecule has 0 saturated carbocycles. The largest absolute Gasteiger partial charge is 0.507 e. The number of hydrogen-bond acceptors (Lipinski definition) is 5. The lowest BCUT2D eigenvalue weighted by Gasteiger charge is -2.31. The fraction of sp³-hybridized carbons (Fsp3) is 0.412. The average molecular weight is 435 g/mol. The number of methoxy groups -OCH3 is 1. The Kier molecular flexibility index (Phi) is 5.59. The molecule has 0 bridgehead atoms. The van der Waals surface area contributed by atoms with Crippen LogP contribution in [0, 0.1) is 6.92 Å². The summed E-state index contributed by atoms with van der Waals surface area (Å²) in [6.07, 6.45) is -7.99. The van der Waals surface area contributed by atoms with Crippen LogP contribution in [-0.4, -0.2) is 42.6 Å². The van der Waals surface area contributed by atoms with Gasteiger partial charge in [-0.15, -0.1) is 11.3 Å². The van der Waals surface area contributed by atoms with Crippen molar-refractivity contribution in [3.63, 3.8) is 0 Å². The fourth-order valence-electron chi connectivity index (χ4n) is 2.55. The van der Waals surface area contributed by atoms with E-state index in [9.17, 15) is 22.4 Å². The summed E-state index contributed by atoms with van der Waals surface area (Å²) in [7, 11) is 1.50. The molecule has 2 aromatic rings. The summed E-state index contributed by atoms with van der Waals surface area (Å²) < 4.78 is 68.1. The number of aromatic nitrogens is 1. The number of alkyl halides is 4. The van der Waals surface area contributed by atoms with Crippen molar-refractivity contribution in [2.24, 2.45) is 4.99 Å². The lowest BCUT2D eigenvalue weighted by molar-refractivity contribution is -0.391. The molecule has 1 aliphatic heterocycles. The predicted molar refractivity (Wildman–Crippen MR) is 95.0 cm³/mol. The van der Waals surface area contributed by atoms with E-state index < -0.39 is 29.7 Å². The summed E-state index contributed by atoms with van der Waals surface area (Å²) in [4.78, 5) is 17.1. The van der Waals surface area contributed by atoms with Gasteiger partial charge in [-0.25, -0.2) is 4.79 Å². The first-order valence-electron chi connectivity index (χ1n) is 8.34. The predicted octanol–water partition coefficient (Wildman–Crippen LogP) is 3.45. The Morgan fingerprint density at radius 3 is 2.59 bits per heavy atom. The fourth-order valence-corrected chi connectivity index (χ4v) is 3.38. The van der Waals surface area contributed by atoms with Gasteiger partial charge in [0.05, 0.1) is 18.3 Å². The lowest BCUT2D eigenvalue weighted by Crippen LogP contribution is -2.52. The van der Waals surface area contributed by atoms with Gasteiger partial charge in [-0.2, -0.15) is 22.6 Å². The minimum atomic E-state index is -4.82. The molecular weight excluding hydrogens is 418 g/mol. The maximum Gasteiger partial charge on any atom is 0.507 e. The Labute approximate surface area is 166 Å². The minimum Gasteiger partial charge on any atom is -0.421 e. The Hall–Kier alpha value is -2.60. The van der Waals surface area contributed by atoms with E-state index >= 15 is 0 Å². The number of urea groups is 1. The number of amides is 2. The zero-order chi connectivity index (χ0) is 21.4. The number of carbonyl (C=O) groups is 1. The number of ether oxygens (including phenoxy) is 3. The van der Waals surface area contributed by atoms with Crippen LogP contribution in [0.3, 0.4) is 0 Å². The van der Waals surface area contributed by atoms with Gasteiger partial charge < -0.3 is 19.5 Å². The molecule has 0 aliphatic carbocycles. The van der Waals surface area contributed by atoms with Gasteiger partial charge in [0, 0.05) is 24.3 Å². The SMILES string of the molecule is COCC(C)NC(=O)N=c1sc(C)cn1-c1ccc2c(c1)OC(F)(F)C(F)(F)O2. The van der Waals surface area contributed by atoms with E-state index in [1.165, 1.54) is 29.1 Å². The molecular formula is C17H17F4N3O4S. The molecule has 1 aromatic heterocycles. The zero-order valence-electron chi connectivity index (χ0n) is 15.5. The van der Waals surface area contributed by atoms with Crippen LogP contribution < -0.4 is 19.6 Å². The molecule has 2 amide bonds. The van der Waals surface area contributed by atoms with Gasteiger partial charge in [-0.05, 0) is 26.0 Å². The van der Waals surface area contributed by atoms with Crippen molar-refractivity contribution in [3.8, 4) is 17.2 Å². The Balaban J connectivity index is 1.95. The Morgan fingerprint density at radius 2 is 1.93 bits per heavy atom. The highest BCUT2D eigenvalue weighted by Gasteiger charge is 2.65. The second kappa shape index (κ2) is 7.67. The van der Waals surface area contributed by atoms with Gasteiger partial charge >= 0.3 is 18.2 Å². The van der Waals surface area contributed by atoms with E-state index in [1.54, 1.807) is 20.0 Å². The number of aryl methyl sites for hydroxylation is 1. The number of nitrogens with zero attached hydrogens (tertiary/aromatic N) is 2. The van der Waals surface area contributed by atoms with Gasteiger partial charge in [0.2, 0.25) is 0 Å². The normalized spacial score (nSPS) is 18.4. The summed E-state index contributed by atoms with van der Waals surface area (Å²) in [6.45, 7) is 3.80. The molecule has 29 heavy (non-hydrogen) atoms. The number of nitrogens with one attached hydrogen (secondary N) is 1. The molecule has 1 unspecified atom stereocenters. The molecule has 1 aromatic carbocycles. The van der Waals surface area contributed by atoms with Crippen molar-refractivity contribution < 1.29 is 36.6 Å². The van der Waals surface area contributed by atoms with Crippen LogP contribution in [0.2, 0.25) is 0 Å². The summed E-state index contributed by atoms with van der Waals surface area (Å²) in [5.41, 5.74) is 0.272. The molecule has 1 aliphatic rings. The van der Waals surface area contributed by atoms with Crippen molar-refractivity contribution in [2.75, 3.05) is 13.7 Å². The summed E-state index contributed by atoms with van der Waals surface area (Å²) in [6, 6.07) is 2.66. The van der Waals surface area contributed by atoms with Crippen LogP contribution in [0.1, 0.15) is 11.8 Å². The highest BCUT2D eigenvalue weighted by Crippen LogP contribution is 2.47. The molecule has 2 heterocycles. The number of thiazole rings is 1. The molecule has 0 saturated heterocycles. The first-order chi connectivity index (χ1) is 13.5. The van der Waals surface area contributed by atoms with Crippen molar-refractivity contribution in [3.05, 3.63) is 34.1 Å². The second-order valence-corrected chi connectivity index (χ2v) is 7.49. The van der Waals surface area contributed by atoms with Crippen LogP contribution in [0.15, 0.2) is 29.4 Å². The van der Waals surface area contributed by atoms with Crippen molar-refractivity contribution in [1.29, 1.82) is 0 Å². The van der Waals surface area contributed by atoms with Crippen LogP contribution in [-0.2, 0) is 4.74 Å². The molecule has 0 spiro atoms. The third kappa shape index (κ3) is 4.37. The highest BCUT2D eigenvalue weighted by molar-refractivity contribution is 7.09. The Morgan fingerprint density at radius 1 is 1.28 bits per heavy atom. The summed E-state index contributed by atoms with van der Waals surface area (Å²) >= 11 is 1.18. The average Bonchev–Trinajstić information content (AvgIpc) is 2.95. The van der Waals surface area contributed by atoms with Gasteiger partial charge in [0.1, 0.15) is 0 Å². The van der Waals surface area contributed by atoms with Crippen molar-refractivity contribution in [1.82, 2.24) is 9.88 Å². The second-order valence-electron chi connectivity index (χ2n) is 6.28. The van der Waals surface area contributed by atoms with Crippen LogP contribution in [0.25, 0.3) is 5.69 Å². The summed E-state index contributed by atoms with van der Waals surface area (Å²) in [5, 5.41) is 2.62. The van der Waals surface area contributed by atoms with E-state index in [0.717, 1.165) is 17.0 Å². The number of hydrogen-bond donors (Lipinski definition) is 1. The number of benzene rings is 1. The minimum absolute atomic E-state index is 0.249. The molecule has 7 nitrogen and oxygen atoms in total. The standard InChI is InChI=1S/C17H17F4N3O4S/c1-9(8-26-3)22-14(25)23-15-24(7-10(2)29-15)11-4-5-12-13(6-11)28-17(20,21)16(18,19)27-12/h4-7,9H,8H2,1-3H3,(H,22,25). The monoisotopic (exact) mass is 435 g/mol. The van der Waals surface area contributed by atoms with Gasteiger partial charge in [0.15, 0.2) is 16.3 Å². The first kappa shape index (κ1) is 21.1. The smallest absolute Gasteiger partial charge is 0.421 e. The molecule has 0 fully saturated rings. The van der Waals surface area contributed by atoms with E-state index in [-0.39, 0.29) is 16.5 Å². The number of halogens is 4. The van der Waals surface area contributed by atoms with E-state index in [4.69, 9.17) is 4.74 Å². The molecule has 158 valence electrons. The zero-order valence-corrected chi connectivity index (χ0v) is 16.4. The van der Waals surface area contributed by atoms with Crippen molar-refractivity contribution in [2.45, 2.75) is 32.1 Å². The summed E-state index contributed by atoms with van der Waals surface area (Å²) in [5.74, 6) is -1.08. The van der Waals surface area contributed by atoms with Gasteiger partial charge in [-0.1, -0.05) is 0 Å². The third-order valence-electron chi connectivity index (χ3n) is 3.77. The highest BCUT2D eigenvalue weighted by atomic mass is 32.1. The Bertz CT molecular complexity index is 989. The van der Waals surface area contributed by atoms with Gasteiger partial charge in [0.25, 0.3) is 0 Å². The van der Waals surface area contributed by atoms with Crippen LogP contribution in [0.5, 0.6) is 11.5 Å². The number of fused-ring (bicyclic) bond motifs is 1. The van der Waals surface area contributed by atoms with Crippen molar-refractivity contribution >= 4 is 17.4 Å². The topological polar surface area (TPSA) is 74.1 Å². The van der Waals surface area contributed by atoms with Gasteiger partial charge in [-0.3, -0.25) is 4.57 Å².